The first-order chi connectivity index (χ1) is 13.1. The van der Waals surface area contributed by atoms with Gasteiger partial charge in [-0.05, 0) is 19.4 Å². The topological polar surface area (TPSA) is 66.8 Å². The van der Waals surface area contributed by atoms with Gasteiger partial charge in [-0.1, -0.05) is 83.5 Å². The Kier molecular flexibility index (Phi) is 15.4. The molecule has 1 heterocycles. The first-order valence-electron chi connectivity index (χ1n) is 11.3. The molecule has 1 saturated heterocycles. The third kappa shape index (κ3) is 17.6. The quantitative estimate of drug-likeness (QED) is 0.255. The summed E-state index contributed by atoms with van der Waals surface area (Å²) in [6.07, 6.45) is 18.7. The van der Waals surface area contributed by atoms with Crippen LogP contribution in [0.1, 0.15) is 96.3 Å². The second-order valence-electron chi connectivity index (χ2n) is 8.04. The van der Waals surface area contributed by atoms with E-state index < -0.39 is 10.1 Å². The van der Waals surface area contributed by atoms with Crippen molar-refractivity contribution in [2.24, 2.45) is 0 Å². The smallest absolute Gasteiger partial charge is 0.264 e. The van der Waals surface area contributed by atoms with Gasteiger partial charge in [0.2, 0.25) is 0 Å². The Bertz CT molecular complexity index is 422. The molecule has 1 fully saturated rings. The van der Waals surface area contributed by atoms with Gasteiger partial charge in [0.05, 0.1) is 19.0 Å². The summed E-state index contributed by atoms with van der Waals surface area (Å²) in [4.78, 5) is 2.53. The lowest BCUT2D eigenvalue weighted by Crippen LogP contribution is -2.36. The van der Waals surface area contributed by atoms with Crippen LogP contribution in [0.25, 0.3) is 0 Å². The largest absolute Gasteiger partial charge is 0.379 e. The van der Waals surface area contributed by atoms with Gasteiger partial charge in [0.15, 0.2) is 0 Å². The summed E-state index contributed by atoms with van der Waals surface area (Å²) in [5, 5.41) is 0. The predicted molar refractivity (Wildman–Crippen MR) is 113 cm³/mol. The fraction of sp³-hybridized carbons (Fsp3) is 1.00. The number of morpholine rings is 1. The van der Waals surface area contributed by atoms with E-state index >= 15 is 0 Å². The Morgan fingerprint density at radius 1 is 0.630 bits per heavy atom. The van der Waals surface area contributed by atoms with Crippen molar-refractivity contribution in [1.82, 2.24) is 4.90 Å². The minimum Gasteiger partial charge on any atom is -0.379 e. The molecule has 5 nitrogen and oxygen atoms in total. The summed E-state index contributed by atoms with van der Waals surface area (Å²) < 4.78 is 35.2. The summed E-state index contributed by atoms with van der Waals surface area (Å²) in [5.74, 6) is -0.0825. The number of unbranched alkanes of at least 4 members (excludes halogenated alkanes) is 14. The predicted octanol–water partition coefficient (Wildman–Crippen LogP) is 5.06. The van der Waals surface area contributed by atoms with E-state index in [-0.39, 0.29) is 5.75 Å². The van der Waals surface area contributed by atoms with Crippen LogP contribution in [0.5, 0.6) is 0 Å². The van der Waals surface area contributed by atoms with Crippen LogP contribution in [-0.2, 0) is 14.9 Å². The van der Waals surface area contributed by atoms with E-state index in [0.717, 1.165) is 39.1 Å². The normalized spacial score (nSPS) is 16.0. The summed E-state index contributed by atoms with van der Waals surface area (Å²) >= 11 is 0. The number of nitrogens with zero attached hydrogens (tertiary/aromatic N) is 1. The zero-order valence-electron chi connectivity index (χ0n) is 17.4. The lowest BCUT2D eigenvalue weighted by atomic mass is 10.0. The van der Waals surface area contributed by atoms with Crippen molar-refractivity contribution in [3.05, 3.63) is 0 Å². The highest BCUT2D eigenvalue weighted by atomic mass is 32.2. The maximum atomic E-state index is 10.6. The van der Waals surface area contributed by atoms with Gasteiger partial charge >= 0.3 is 0 Å². The van der Waals surface area contributed by atoms with Gasteiger partial charge < -0.3 is 4.74 Å². The molecule has 0 atom stereocenters. The Balaban J connectivity index is 1.68. The number of rotatable bonds is 18. The monoisotopic (exact) mass is 405 g/mol. The summed E-state index contributed by atoms with van der Waals surface area (Å²) in [6, 6.07) is 0. The molecule has 0 amide bonds. The molecule has 1 aliphatic heterocycles. The molecule has 1 aliphatic rings. The molecule has 0 aromatic carbocycles. The summed E-state index contributed by atoms with van der Waals surface area (Å²) in [7, 11) is -3.75. The molecule has 0 spiro atoms. The first kappa shape index (κ1) is 24.9. The molecule has 0 aliphatic carbocycles. The first-order valence-corrected chi connectivity index (χ1v) is 12.9. The summed E-state index contributed by atoms with van der Waals surface area (Å²) in [5.41, 5.74) is 0. The average Bonchev–Trinajstić information content (AvgIpc) is 2.64. The highest BCUT2D eigenvalue weighted by molar-refractivity contribution is 7.85. The van der Waals surface area contributed by atoms with Gasteiger partial charge in [-0.2, -0.15) is 8.42 Å². The third-order valence-electron chi connectivity index (χ3n) is 5.48. The number of hydrogen-bond acceptors (Lipinski definition) is 4. The zero-order valence-corrected chi connectivity index (χ0v) is 18.2. The van der Waals surface area contributed by atoms with Gasteiger partial charge in [-0.25, -0.2) is 0 Å². The lowest BCUT2D eigenvalue weighted by Gasteiger charge is -2.26. The van der Waals surface area contributed by atoms with Crippen LogP contribution in [-0.4, -0.2) is 56.5 Å². The van der Waals surface area contributed by atoms with Crippen molar-refractivity contribution in [3.63, 3.8) is 0 Å². The van der Waals surface area contributed by atoms with Crippen LogP contribution in [0.2, 0.25) is 0 Å². The third-order valence-corrected chi connectivity index (χ3v) is 6.28. The molecule has 0 unspecified atom stereocenters. The van der Waals surface area contributed by atoms with Gasteiger partial charge in [-0.3, -0.25) is 9.45 Å². The minimum atomic E-state index is -3.75. The van der Waals surface area contributed by atoms with Crippen LogP contribution in [0, 0.1) is 0 Å². The van der Waals surface area contributed by atoms with Crippen LogP contribution in [0.3, 0.4) is 0 Å². The maximum absolute atomic E-state index is 10.6. The molecule has 1 rings (SSSR count). The minimum absolute atomic E-state index is 0.0825. The Labute approximate surface area is 168 Å². The zero-order chi connectivity index (χ0) is 19.6. The van der Waals surface area contributed by atoms with Crippen molar-refractivity contribution >= 4 is 10.1 Å². The molecule has 0 saturated carbocycles. The van der Waals surface area contributed by atoms with E-state index in [1.54, 1.807) is 0 Å². The highest BCUT2D eigenvalue weighted by Crippen LogP contribution is 2.13. The van der Waals surface area contributed by atoms with E-state index in [2.05, 4.69) is 4.90 Å². The highest BCUT2D eigenvalue weighted by Gasteiger charge is 2.08. The van der Waals surface area contributed by atoms with Crippen molar-refractivity contribution in [2.75, 3.05) is 38.6 Å². The van der Waals surface area contributed by atoms with Crippen LogP contribution in [0.4, 0.5) is 0 Å². The summed E-state index contributed by atoms with van der Waals surface area (Å²) in [6.45, 7) is 5.32. The van der Waals surface area contributed by atoms with Crippen molar-refractivity contribution < 1.29 is 17.7 Å². The average molecular weight is 406 g/mol. The second kappa shape index (κ2) is 16.8. The van der Waals surface area contributed by atoms with Crippen LogP contribution in [0.15, 0.2) is 0 Å². The van der Waals surface area contributed by atoms with Crippen molar-refractivity contribution in [3.8, 4) is 0 Å². The Hall–Kier alpha value is -0.170. The SMILES string of the molecule is O=S(=O)(O)CCCCCCCCCCCCCCCCCN1CCOCC1. The second-order valence-corrected chi connectivity index (χ2v) is 9.62. The molecule has 0 bridgehead atoms. The molecule has 0 aromatic rings. The fourth-order valence-electron chi connectivity index (χ4n) is 3.74. The fourth-order valence-corrected chi connectivity index (χ4v) is 4.31. The van der Waals surface area contributed by atoms with Crippen LogP contribution < -0.4 is 0 Å². The molecule has 162 valence electrons. The maximum Gasteiger partial charge on any atom is 0.264 e. The van der Waals surface area contributed by atoms with E-state index in [4.69, 9.17) is 9.29 Å². The standard InChI is InChI=1S/C21H43NO4S/c23-27(24,25)21-15-13-11-9-7-5-3-1-2-4-6-8-10-12-14-16-22-17-19-26-20-18-22/h1-21H2,(H,23,24,25). The Morgan fingerprint density at radius 3 is 1.41 bits per heavy atom. The van der Waals surface area contributed by atoms with E-state index in [0.29, 0.717) is 6.42 Å². The number of hydrogen-bond donors (Lipinski definition) is 1. The van der Waals surface area contributed by atoms with Gasteiger partial charge in [-0.15, -0.1) is 0 Å². The van der Waals surface area contributed by atoms with Gasteiger partial charge in [0.1, 0.15) is 0 Å². The molecule has 6 heteroatoms. The Morgan fingerprint density at radius 2 is 1.00 bits per heavy atom. The van der Waals surface area contributed by atoms with Gasteiger partial charge in [0, 0.05) is 13.1 Å². The number of ether oxygens (including phenoxy) is 1. The van der Waals surface area contributed by atoms with E-state index in [9.17, 15) is 8.42 Å². The van der Waals surface area contributed by atoms with Crippen molar-refractivity contribution in [1.29, 1.82) is 0 Å². The molecule has 0 aromatic heterocycles. The lowest BCUT2D eigenvalue weighted by molar-refractivity contribution is 0.0371. The van der Waals surface area contributed by atoms with E-state index in [1.165, 1.54) is 83.6 Å². The molecule has 27 heavy (non-hydrogen) atoms. The molecule has 0 radical (unpaired) electrons. The molecular weight excluding hydrogens is 362 g/mol. The van der Waals surface area contributed by atoms with E-state index in [1.807, 2.05) is 0 Å². The molecular formula is C21H43NO4S. The van der Waals surface area contributed by atoms with Crippen molar-refractivity contribution in [2.45, 2.75) is 96.3 Å². The molecule has 1 N–H and O–H groups in total. The van der Waals surface area contributed by atoms with Crippen LogP contribution >= 0.6 is 0 Å². The van der Waals surface area contributed by atoms with Gasteiger partial charge in [0.25, 0.3) is 10.1 Å².